The Morgan fingerprint density at radius 3 is 2.55 bits per heavy atom. The van der Waals surface area contributed by atoms with E-state index in [0.29, 0.717) is 17.9 Å². The van der Waals surface area contributed by atoms with Crippen LogP contribution in [-0.2, 0) is 4.79 Å². The third-order valence-corrected chi connectivity index (χ3v) is 3.26. The number of hydrogen-bond donors (Lipinski definition) is 1. The Morgan fingerprint density at radius 1 is 1.23 bits per heavy atom. The minimum absolute atomic E-state index is 0.156. The molecule has 2 aromatic carbocycles. The highest BCUT2D eigenvalue weighted by Crippen LogP contribution is 2.17. The number of halogens is 1. The summed E-state index contributed by atoms with van der Waals surface area (Å²) in [5.74, 6) is 0.260. The van der Waals surface area contributed by atoms with Gasteiger partial charge < -0.3 is 15.0 Å². The van der Waals surface area contributed by atoms with Gasteiger partial charge in [-0.25, -0.2) is 4.39 Å². The third kappa shape index (κ3) is 4.22. The zero-order valence-corrected chi connectivity index (χ0v) is 12.7. The van der Waals surface area contributed by atoms with Crippen LogP contribution in [0.1, 0.15) is 6.92 Å². The van der Waals surface area contributed by atoms with Gasteiger partial charge in [-0.05, 0) is 49.4 Å². The first kappa shape index (κ1) is 15.8. The van der Waals surface area contributed by atoms with Crippen LogP contribution in [0.3, 0.4) is 0 Å². The number of likely N-dealkylation sites (N-methyl/N-ethyl adjacent to an activating group) is 1. The van der Waals surface area contributed by atoms with Crippen molar-refractivity contribution in [3.8, 4) is 5.75 Å². The molecule has 0 aliphatic carbocycles. The topological polar surface area (TPSA) is 41.6 Å². The number of nitrogens with one attached hydrogen (secondary N) is 1. The van der Waals surface area contributed by atoms with Crippen molar-refractivity contribution in [1.82, 2.24) is 0 Å². The van der Waals surface area contributed by atoms with Gasteiger partial charge in [0.1, 0.15) is 11.6 Å². The summed E-state index contributed by atoms with van der Waals surface area (Å²) >= 11 is 0. The van der Waals surface area contributed by atoms with Gasteiger partial charge in [-0.1, -0.05) is 6.07 Å². The maximum Gasteiger partial charge on any atom is 0.243 e. The summed E-state index contributed by atoms with van der Waals surface area (Å²) in [6, 6.07) is 13.3. The number of nitrogens with zero attached hydrogens (tertiary/aromatic N) is 1. The number of benzene rings is 2. The number of rotatable bonds is 6. The molecule has 0 spiro atoms. The van der Waals surface area contributed by atoms with Crippen LogP contribution < -0.4 is 15.0 Å². The highest BCUT2D eigenvalue weighted by atomic mass is 19.1. The van der Waals surface area contributed by atoms with Gasteiger partial charge in [0.05, 0.1) is 13.7 Å². The van der Waals surface area contributed by atoms with E-state index >= 15 is 0 Å². The lowest BCUT2D eigenvalue weighted by Crippen LogP contribution is -2.33. The molecule has 0 fully saturated rings. The van der Waals surface area contributed by atoms with Crippen LogP contribution in [0.2, 0.25) is 0 Å². The number of carbonyl (C=O) groups is 1. The van der Waals surface area contributed by atoms with Crippen molar-refractivity contribution >= 4 is 17.3 Å². The van der Waals surface area contributed by atoms with E-state index in [1.165, 1.54) is 12.1 Å². The van der Waals surface area contributed by atoms with E-state index in [4.69, 9.17) is 4.74 Å². The Bertz CT molecular complexity index is 629. The molecule has 0 aliphatic heterocycles. The van der Waals surface area contributed by atoms with Crippen LogP contribution in [0, 0.1) is 5.82 Å². The van der Waals surface area contributed by atoms with E-state index in [1.54, 1.807) is 43.5 Å². The molecule has 0 aromatic heterocycles. The lowest BCUT2D eigenvalue weighted by molar-refractivity contribution is -0.115. The number of hydrogen-bond acceptors (Lipinski definition) is 3. The number of amides is 1. The first-order valence-corrected chi connectivity index (χ1v) is 7.06. The SMILES string of the molecule is CCN(CC(=O)Nc1ccc(OC)cc1)c1cccc(F)c1. The average molecular weight is 302 g/mol. The fourth-order valence-corrected chi connectivity index (χ4v) is 2.11. The molecule has 4 nitrogen and oxygen atoms in total. The summed E-state index contributed by atoms with van der Waals surface area (Å²) in [4.78, 5) is 13.9. The third-order valence-electron chi connectivity index (χ3n) is 3.26. The Labute approximate surface area is 129 Å². The molecule has 0 saturated carbocycles. The lowest BCUT2D eigenvalue weighted by Gasteiger charge is -2.22. The number of methoxy groups -OCH3 is 1. The molecule has 1 N–H and O–H groups in total. The smallest absolute Gasteiger partial charge is 0.243 e. The van der Waals surface area contributed by atoms with E-state index < -0.39 is 0 Å². The zero-order valence-electron chi connectivity index (χ0n) is 12.7. The predicted molar refractivity (Wildman–Crippen MR) is 85.9 cm³/mol. The first-order chi connectivity index (χ1) is 10.6. The summed E-state index contributed by atoms with van der Waals surface area (Å²) in [7, 11) is 1.59. The van der Waals surface area contributed by atoms with Gasteiger partial charge in [-0.15, -0.1) is 0 Å². The van der Waals surface area contributed by atoms with Crippen molar-refractivity contribution in [2.24, 2.45) is 0 Å². The maximum atomic E-state index is 13.3. The van der Waals surface area contributed by atoms with Crippen LogP contribution in [0.4, 0.5) is 15.8 Å². The van der Waals surface area contributed by atoms with Crippen molar-refractivity contribution in [3.63, 3.8) is 0 Å². The van der Waals surface area contributed by atoms with E-state index in [1.807, 2.05) is 11.8 Å². The number of carbonyl (C=O) groups excluding carboxylic acids is 1. The molecule has 1 amide bonds. The maximum absolute atomic E-state index is 13.3. The minimum Gasteiger partial charge on any atom is -0.497 e. The molecule has 0 atom stereocenters. The summed E-state index contributed by atoms with van der Waals surface area (Å²) in [5.41, 5.74) is 1.38. The lowest BCUT2D eigenvalue weighted by atomic mass is 10.2. The molecule has 0 heterocycles. The van der Waals surface area contributed by atoms with Gasteiger partial charge in [0.2, 0.25) is 5.91 Å². The molecule has 5 heteroatoms. The van der Waals surface area contributed by atoms with Crippen molar-refractivity contribution in [1.29, 1.82) is 0 Å². The summed E-state index contributed by atoms with van der Waals surface area (Å²) in [6.07, 6.45) is 0. The molecule has 0 bridgehead atoms. The number of anilines is 2. The van der Waals surface area contributed by atoms with Crippen LogP contribution in [0.25, 0.3) is 0 Å². The molecule has 0 unspecified atom stereocenters. The van der Waals surface area contributed by atoms with Gasteiger partial charge >= 0.3 is 0 Å². The van der Waals surface area contributed by atoms with Gasteiger partial charge in [0.25, 0.3) is 0 Å². The molecule has 2 rings (SSSR count). The van der Waals surface area contributed by atoms with Crippen molar-refractivity contribution in [3.05, 3.63) is 54.3 Å². The van der Waals surface area contributed by atoms with Crippen LogP contribution in [-0.4, -0.2) is 26.1 Å². The Hall–Kier alpha value is -2.56. The molecule has 116 valence electrons. The highest BCUT2D eigenvalue weighted by Gasteiger charge is 2.11. The highest BCUT2D eigenvalue weighted by molar-refractivity contribution is 5.94. The Morgan fingerprint density at radius 2 is 1.95 bits per heavy atom. The van der Waals surface area contributed by atoms with Crippen LogP contribution in [0.5, 0.6) is 5.75 Å². The van der Waals surface area contributed by atoms with E-state index in [0.717, 1.165) is 5.75 Å². The minimum atomic E-state index is -0.313. The zero-order chi connectivity index (χ0) is 15.9. The van der Waals surface area contributed by atoms with E-state index in [2.05, 4.69) is 5.32 Å². The number of ether oxygens (including phenoxy) is 1. The molecule has 0 radical (unpaired) electrons. The second-order valence-electron chi connectivity index (χ2n) is 4.77. The van der Waals surface area contributed by atoms with Gasteiger partial charge in [-0.2, -0.15) is 0 Å². The normalized spacial score (nSPS) is 10.1. The fourth-order valence-electron chi connectivity index (χ4n) is 2.11. The predicted octanol–water partition coefficient (Wildman–Crippen LogP) is 3.30. The average Bonchev–Trinajstić information content (AvgIpc) is 2.53. The Kier molecular flexibility index (Phi) is 5.36. The summed E-state index contributed by atoms with van der Waals surface area (Å²) < 4.78 is 18.3. The molecule has 0 aliphatic rings. The van der Waals surface area contributed by atoms with Gasteiger partial charge in [0.15, 0.2) is 0 Å². The molecule has 2 aromatic rings. The standard InChI is InChI=1S/C17H19FN2O2/c1-3-20(15-6-4-5-13(18)11-15)12-17(21)19-14-7-9-16(22-2)10-8-14/h4-11H,3,12H2,1-2H3,(H,19,21). The van der Waals surface area contributed by atoms with Gasteiger partial charge in [0, 0.05) is 17.9 Å². The van der Waals surface area contributed by atoms with Crippen molar-refractivity contribution in [2.75, 3.05) is 30.4 Å². The second-order valence-corrected chi connectivity index (χ2v) is 4.77. The molecule has 22 heavy (non-hydrogen) atoms. The monoisotopic (exact) mass is 302 g/mol. The largest absolute Gasteiger partial charge is 0.497 e. The first-order valence-electron chi connectivity index (χ1n) is 7.06. The van der Waals surface area contributed by atoms with Gasteiger partial charge in [-0.3, -0.25) is 4.79 Å². The Balaban J connectivity index is 1.99. The molecular weight excluding hydrogens is 283 g/mol. The molecular formula is C17H19FN2O2. The van der Waals surface area contributed by atoms with Crippen LogP contribution in [0.15, 0.2) is 48.5 Å². The summed E-state index contributed by atoms with van der Waals surface area (Å²) in [5, 5.41) is 2.81. The molecule has 0 saturated heterocycles. The fraction of sp³-hybridized carbons (Fsp3) is 0.235. The van der Waals surface area contributed by atoms with E-state index in [9.17, 15) is 9.18 Å². The van der Waals surface area contributed by atoms with Crippen LogP contribution >= 0.6 is 0 Å². The second kappa shape index (κ2) is 7.45. The van der Waals surface area contributed by atoms with Crippen molar-refractivity contribution in [2.45, 2.75) is 6.92 Å². The summed E-state index contributed by atoms with van der Waals surface area (Å²) in [6.45, 7) is 2.69. The van der Waals surface area contributed by atoms with Crippen molar-refractivity contribution < 1.29 is 13.9 Å². The quantitative estimate of drug-likeness (QED) is 0.890. The van der Waals surface area contributed by atoms with E-state index in [-0.39, 0.29) is 18.3 Å².